The fourth-order valence-corrected chi connectivity index (χ4v) is 5.90. The topological polar surface area (TPSA) is 69.7 Å². The van der Waals surface area contributed by atoms with E-state index in [-0.39, 0.29) is 35.5 Å². The lowest BCUT2D eigenvalue weighted by molar-refractivity contribution is -0.120. The predicted octanol–water partition coefficient (Wildman–Crippen LogP) is 4.50. The second-order valence-corrected chi connectivity index (χ2v) is 10.7. The third-order valence-electron chi connectivity index (χ3n) is 6.13. The van der Waals surface area contributed by atoms with Gasteiger partial charge in [-0.25, -0.2) is 17.1 Å². The number of anilines is 1. The minimum Gasteiger partial charge on any atom is -0.326 e. The van der Waals surface area contributed by atoms with Gasteiger partial charge in [0.2, 0.25) is 15.9 Å². The highest BCUT2D eigenvalue weighted by Gasteiger charge is 2.32. The minimum atomic E-state index is -3.74. The molecule has 0 atom stereocenters. The van der Waals surface area contributed by atoms with Crippen LogP contribution in [0.25, 0.3) is 0 Å². The molecule has 6 nitrogen and oxygen atoms in total. The molecular formula is C24H31ClFN3O3S. The lowest BCUT2D eigenvalue weighted by atomic mass is 9.97. The van der Waals surface area contributed by atoms with Crippen LogP contribution in [0.3, 0.4) is 0 Å². The summed E-state index contributed by atoms with van der Waals surface area (Å²) in [4.78, 5) is 15.0. The average molecular weight is 496 g/mol. The van der Waals surface area contributed by atoms with Crippen LogP contribution in [-0.4, -0.2) is 49.7 Å². The first-order valence-corrected chi connectivity index (χ1v) is 13.2. The molecule has 1 aliphatic rings. The number of sulfonamides is 1. The summed E-state index contributed by atoms with van der Waals surface area (Å²) in [5.41, 5.74) is 1.89. The van der Waals surface area contributed by atoms with Crippen LogP contribution in [0, 0.1) is 11.7 Å². The first-order valence-electron chi connectivity index (χ1n) is 11.3. The predicted molar refractivity (Wildman–Crippen MR) is 130 cm³/mol. The lowest BCUT2D eigenvalue weighted by Gasteiger charge is -2.30. The molecule has 1 amide bonds. The number of amides is 1. The van der Waals surface area contributed by atoms with E-state index in [1.165, 1.54) is 28.1 Å². The van der Waals surface area contributed by atoms with E-state index >= 15 is 0 Å². The molecule has 0 unspecified atom stereocenters. The molecule has 1 N–H and O–H groups in total. The van der Waals surface area contributed by atoms with E-state index in [4.69, 9.17) is 11.6 Å². The van der Waals surface area contributed by atoms with Crippen molar-refractivity contribution in [3.63, 3.8) is 0 Å². The van der Waals surface area contributed by atoms with Crippen molar-refractivity contribution < 1.29 is 17.6 Å². The van der Waals surface area contributed by atoms with Crippen LogP contribution < -0.4 is 5.32 Å². The molecule has 0 spiro atoms. The average Bonchev–Trinajstić information content (AvgIpc) is 2.81. The number of nitrogens with zero attached hydrogens (tertiary/aromatic N) is 2. The van der Waals surface area contributed by atoms with Gasteiger partial charge in [-0.2, -0.15) is 0 Å². The van der Waals surface area contributed by atoms with Crippen LogP contribution in [0.4, 0.5) is 10.1 Å². The van der Waals surface area contributed by atoms with Gasteiger partial charge in [-0.05, 0) is 55.8 Å². The van der Waals surface area contributed by atoms with Crippen molar-refractivity contribution in [2.45, 2.75) is 39.0 Å². The number of piperidine rings is 1. The van der Waals surface area contributed by atoms with E-state index in [1.54, 1.807) is 0 Å². The molecule has 9 heteroatoms. The van der Waals surface area contributed by atoms with Crippen LogP contribution in [0.1, 0.15) is 37.8 Å². The smallest absolute Gasteiger partial charge is 0.227 e. The second-order valence-electron chi connectivity index (χ2n) is 8.28. The van der Waals surface area contributed by atoms with Gasteiger partial charge in [-0.3, -0.25) is 9.69 Å². The fraction of sp³-hybridized carbons (Fsp3) is 0.458. The molecule has 0 aliphatic carbocycles. The monoisotopic (exact) mass is 495 g/mol. The Kier molecular flexibility index (Phi) is 8.87. The Balaban J connectivity index is 1.53. The molecule has 1 fully saturated rings. The molecule has 0 radical (unpaired) electrons. The Morgan fingerprint density at radius 3 is 2.33 bits per heavy atom. The maximum absolute atomic E-state index is 14.0. The highest BCUT2D eigenvalue weighted by Crippen LogP contribution is 2.26. The number of benzene rings is 2. The van der Waals surface area contributed by atoms with Gasteiger partial charge in [0.05, 0.1) is 5.75 Å². The third kappa shape index (κ3) is 6.76. The summed E-state index contributed by atoms with van der Waals surface area (Å²) in [5.74, 6) is -1.51. The van der Waals surface area contributed by atoms with Crippen LogP contribution in [0.15, 0.2) is 42.5 Å². The van der Waals surface area contributed by atoms with Gasteiger partial charge in [0.1, 0.15) is 5.82 Å². The molecule has 2 aromatic rings. The number of hydrogen-bond acceptors (Lipinski definition) is 4. The maximum Gasteiger partial charge on any atom is 0.227 e. The zero-order valence-corrected chi connectivity index (χ0v) is 20.6. The second kappa shape index (κ2) is 11.4. The van der Waals surface area contributed by atoms with Crippen LogP contribution in [0.2, 0.25) is 5.02 Å². The van der Waals surface area contributed by atoms with Crippen LogP contribution >= 0.6 is 11.6 Å². The van der Waals surface area contributed by atoms with Crippen molar-refractivity contribution >= 4 is 33.2 Å². The summed E-state index contributed by atoms with van der Waals surface area (Å²) < 4.78 is 40.9. The number of carbonyl (C=O) groups is 1. The number of rotatable bonds is 9. The van der Waals surface area contributed by atoms with Crippen molar-refractivity contribution in [2.75, 3.05) is 31.5 Å². The van der Waals surface area contributed by atoms with Gasteiger partial charge >= 0.3 is 0 Å². The Hall–Kier alpha value is -2.00. The largest absolute Gasteiger partial charge is 0.326 e. The van der Waals surface area contributed by atoms with E-state index < -0.39 is 21.6 Å². The number of halogens is 2. The van der Waals surface area contributed by atoms with E-state index in [0.29, 0.717) is 12.8 Å². The van der Waals surface area contributed by atoms with E-state index in [1.807, 2.05) is 24.3 Å². The minimum absolute atomic E-state index is 0.0246. The molecule has 0 bridgehead atoms. The highest BCUT2D eigenvalue weighted by atomic mass is 35.5. The van der Waals surface area contributed by atoms with Gasteiger partial charge in [0.25, 0.3) is 0 Å². The van der Waals surface area contributed by atoms with E-state index in [0.717, 1.165) is 25.3 Å². The van der Waals surface area contributed by atoms with Crippen molar-refractivity contribution in [3.05, 3.63) is 64.4 Å². The fourth-order valence-electron chi connectivity index (χ4n) is 3.98. The molecule has 1 aliphatic heterocycles. The maximum atomic E-state index is 14.0. The molecular weight excluding hydrogens is 465 g/mol. The SMILES string of the molecule is CCN(CC)Cc1ccc(NC(=O)C2CCN(S(=O)(=O)Cc3c(F)cccc3Cl)CC2)cc1. The van der Waals surface area contributed by atoms with Crippen molar-refractivity contribution in [1.82, 2.24) is 9.21 Å². The molecule has 33 heavy (non-hydrogen) atoms. The third-order valence-corrected chi connectivity index (χ3v) is 8.29. The van der Waals surface area contributed by atoms with Gasteiger partial charge in [-0.15, -0.1) is 0 Å². The van der Waals surface area contributed by atoms with Crippen LogP contribution in [0.5, 0.6) is 0 Å². The molecule has 180 valence electrons. The standard InChI is InChI=1S/C24H31ClFN3O3S/c1-3-28(4-2)16-18-8-10-20(11-9-18)27-24(30)19-12-14-29(15-13-19)33(31,32)17-21-22(25)6-5-7-23(21)26/h5-11,19H,3-4,12-17H2,1-2H3,(H,27,30). The summed E-state index contributed by atoms with van der Waals surface area (Å²) in [6.07, 6.45) is 0.826. The number of nitrogens with one attached hydrogen (secondary N) is 1. The Morgan fingerprint density at radius 2 is 1.76 bits per heavy atom. The molecule has 1 saturated heterocycles. The highest BCUT2D eigenvalue weighted by molar-refractivity contribution is 7.88. The molecule has 0 aromatic heterocycles. The molecule has 0 saturated carbocycles. The zero-order valence-electron chi connectivity index (χ0n) is 19.1. The summed E-state index contributed by atoms with van der Waals surface area (Å²) in [5, 5.41) is 3.03. The van der Waals surface area contributed by atoms with Crippen molar-refractivity contribution in [2.24, 2.45) is 5.92 Å². The van der Waals surface area contributed by atoms with Gasteiger partial charge < -0.3 is 5.32 Å². The molecule has 1 heterocycles. The normalized spacial score (nSPS) is 15.7. The summed E-state index contributed by atoms with van der Waals surface area (Å²) in [7, 11) is -3.74. The Labute approximate surface area is 200 Å². The van der Waals surface area contributed by atoms with Gasteiger partial charge in [0.15, 0.2) is 0 Å². The zero-order chi connectivity index (χ0) is 24.0. The van der Waals surface area contributed by atoms with Gasteiger partial charge in [-0.1, -0.05) is 43.6 Å². The Morgan fingerprint density at radius 1 is 1.12 bits per heavy atom. The van der Waals surface area contributed by atoms with E-state index in [2.05, 4.69) is 24.1 Å². The number of carbonyl (C=O) groups excluding carboxylic acids is 1. The van der Waals surface area contributed by atoms with Crippen molar-refractivity contribution in [1.29, 1.82) is 0 Å². The first-order chi connectivity index (χ1) is 15.7. The quantitative estimate of drug-likeness (QED) is 0.556. The molecule has 2 aromatic carbocycles. The van der Waals surface area contributed by atoms with Gasteiger partial charge in [0, 0.05) is 41.8 Å². The number of hydrogen-bond donors (Lipinski definition) is 1. The summed E-state index contributed by atoms with van der Waals surface area (Å²) >= 11 is 5.99. The lowest BCUT2D eigenvalue weighted by Crippen LogP contribution is -2.42. The summed E-state index contributed by atoms with van der Waals surface area (Å²) in [6, 6.07) is 11.9. The molecule has 3 rings (SSSR count). The van der Waals surface area contributed by atoms with Crippen LogP contribution in [-0.2, 0) is 27.1 Å². The summed E-state index contributed by atoms with van der Waals surface area (Å²) in [6.45, 7) is 7.53. The Bertz CT molecular complexity index is 1030. The first kappa shape index (κ1) is 25.6. The van der Waals surface area contributed by atoms with E-state index in [9.17, 15) is 17.6 Å². The van der Waals surface area contributed by atoms with Crippen molar-refractivity contribution in [3.8, 4) is 0 Å².